The van der Waals surface area contributed by atoms with Crippen molar-refractivity contribution in [1.82, 2.24) is 0 Å². The lowest BCUT2D eigenvalue weighted by atomic mass is 10.1. The van der Waals surface area contributed by atoms with Gasteiger partial charge in [-0.2, -0.15) is 0 Å². The summed E-state index contributed by atoms with van der Waals surface area (Å²) < 4.78 is 0.899. The van der Waals surface area contributed by atoms with E-state index in [4.69, 9.17) is 0 Å². The molecule has 0 aliphatic heterocycles. The summed E-state index contributed by atoms with van der Waals surface area (Å²) >= 11 is 3.27. The van der Waals surface area contributed by atoms with Gasteiger partial charge in [-0.1, -0.05) is 29.4 Å². The monoisotopic (exact) mass is 267 g/mol. The lowest BCUT2D eigenvalue weighted by Gasteiger charge is -2.05. The van der Waals surface area contributed by atoms with Crippen LogP contribution in [-0.4, -0.2) is 12.3 Å². The fourth-order valence-corrected chi connectivity index (χ4v) is 1.32. The highest BCUT2D eigenvalue weighted by Crippen LogP contribution is 2.12. The van der Waals surface area contributed by atoms with Gasteiger partial charge >= 0.3 is 0 Å². The molecule has 0 saturated heterocycles. The van der Waals surface area contributed by atoms with E-state index < -0.39 is 0 Å². The number of benzene rings is 1. The third-order valence-electron chi connectivity index (χ3n) is 2.01. The number of carbonyl (C=O) groups is 1. The highest BCUT2D eigenvalue weighted by atomic mass is 79.9. The molecule has 1 N–H and O–H groups in total. The van der Waals surface area contributed by atoms with Crippen molar-refractivity contribution in [1.29, 1.82) is 0 Å². The zero-order valence-electron chi connectivity index (χ0n) is 8.72. The first kappa shape index (κ1) is 12.0. The largest absolute Gasteiger partial charge is 0.380 e. The minimum Gasteiger partial charge on any atom is -0.380 e. The van der Waals surface area contributed by atoms with Crippen molar-refractivity contribution >= 4 is 27.4 Å². The molecule has 80 valence electrons. The molecular weight excluding hydrogens is 254 g/mol. The van der Waals surface area contributed by atoms with Gasteiger partial charge in [0, 0.05) is 28.7 Å². The lowest BCUT2D eigenvalue weighted by Crippen LogP contribution is -2.01. The molecule has 0 heterocycles. The number of hydrogen-bond acceptors (Lipinski definition) is 2. The van der Waals surface area contributed by atoms with E-state index >= 15 is 0 Å². The minimum absolute atomic E-state index is 0.173. The van der Waals surface area contributed by atoms with Gasteiger partial charge in [0.1, 0.15) is 0 Å². The fraction of sp³-hybridized carbons (Fsp3) is 0.250. The average Bonchev–Trinajstić information content (AvgIpc) is 2.26. The third-order valence-corrected chi connectivity index (χ3v) is 2.29. The van der Waals surface area contributed by atoms with Gasteiger partial charge in [-0.05, 0) is 24.3 Å². The summed E-state index contributed by atoms with van der Waals surface area (Å²) in [5.74, 6) is 0.173. The van der Waals surface area contributed by atoms with Crippen LogP contribution in [0.3, 0.4) is 0 Å². The van der Waals surface area contributed by atoms with E-state index in [1.807, 2.05) is 31.2 Å². The zero-order valence-corrected chi connectivity index (χ0v) is 10.3. The molecule has 0 radical (unpaired) electrons. The second-order valence-electron chi connectivity index (χ2n) is 3.22. The highest BCUT2D eigenvalue weighted by molar-refractivity contribution is 9.11. The molecule has 2 nitrogen and oxygen atoms in total. The number of anilines is 1. The van der Waals surface area contributed by atoms with E-state index in [1.165, 1.54) is 0 Å². The maximum Gasteiger partial charge on any atom is 0.162 e. The van der Waals surface area contributed by atoms with Crippen molar-refractivity contribution in [2.24, 2.45) is 0 Å². The summed E-state index contributed by atoms with van der Waals surface area (Å²) in [5, 5.41) is 3.17. The summed E-state index contributed by atoms with van der Waals surface area (Å²) in [5.41, 5.74) is 1.75. The molecule has 15 heavy (non-hydrogen) atoms. The number of carbonyl (C=O) groups excluding carboxylic acids is 1. The number of hydrogen-bond donors (Lipinski definition) is 1. The predicted molar refractivity (Wildman–Crippen MR) is 67.6 cm³/mol. The average molecular weight is 268 g/mol. The molecule has 0 atom stereocenters. The minimum atomic E-state index is 0.173. The van der Waals surface area contributed by atoms with Crippen LogP contribution in [0.1, 0.15) is 23.7 Å². The van der Waals surface area contributed by atoms with Gasteiger partial charge < -0.3 is 5.32 Å². The molecule has 0 aromatic heterocycles. The van der Waals surface area contributed by atoms with Crippen LogP contribution in [-0.2, 0) is 0 Å². The molecule has 3 heteroatoms. The maximum absolute atomic E-state index is 11.3. The van der Waals surface area contributed by atoms with E-state index in [2.05, 4.69) is 27.8 Å². The predicted octanol–water partition coefficient (Wildman–Crippen LogP) is 3.60. The Hall–Kier alpha value is -1.09. The zero-order chi connectivity index (χ0) is 11.3. The Balaban J connectivity index is 2.64. The van der Waals surface area contributed by atoms with Gasteiger partial charge in [-0.15, -0.1) is 0 Å². The summed E-state index contributed by atoms with van der Waals surface area (Å²) in [6.45, 7) is 6.28. The van der Waals surface area contributed by atoms with E-state index in [0.717, 1.165) is 15.7 Å². The van der Waals surface area contributed by atoms with Gasteiger partial charge in [0.15, 0.2) is 5.78 Å². The summed E-state index contributed by atoms with van der Waals surface area (Å²) in [6, 6.07) is 7.48. The smallest absolute Gasteiger partial charge is 0.162 e. The van der Waals surface area contributed by atoms with Gasteiger partial charge in [0.05, 0.1) is 0 Å². The summed E-state index contributed by atoms with van der Waals surface area (Å²) in [7, 11) is 0. The van der Waals surface area contributed by atoms with Crippen LogP contribution in [0.25, 0.3) is 0 Å². The second-order valence-corrected chi connectivity index (χ2v) is 4.35. The first-order chi connectivity index (χ1) is 7.13. The van der Waals surface area contributed by atoms with Gasteiger partial charge in [-0.25, -0.2) is 0 Å². The van der Waals surface area contributed by atoms with Crippen LogP contribution < -0.4 is 5.32 Å². The van der Waals surface area contributed by atoms with E-state index in [-0.39, 0.29) is 5.78 Å². The number of rotatable bonds is 5. The van der Waals surface area contributed by atoms with E-state index in [1.54, 1.807) is 0 Å². The number of nitrogens with one attached hydrogen (secondary N) is 1. The third kappa shape index (κ3) is 3.88. The van der Waals surface area contributed by atoms with Crippen molar-refractivity contribution in [2.45, 2.75) is 13.3 Å². The quantitative estimate of drug-likeness (QED) is 0.827. The first-order valence-electron chi connectivity index (χ1n) is 4.84. The van der Waals surface area contributed by atoms with Crippen molar-refractivity contribution in [2.75, 3.05) is 11.9 Å². The summed E-state index contributed by atoms with van der Waals surface area (Å²) in [4.78, 5) is 11.3. The van der Waals surface area contributed by atoms with Crippen molar-refractivity contribution in [3.63, 3.8) is 0 Å². The Bertz CT molecular complexity index is 356. The van der Waals surface area contributed by atoms with Gasteiger partial charge in [-0.3, -0.25) is 4.79 Å². The number of Topliss-reactive ketones (excluding diaryl/α,β-unsaturated/α-hetero) is 1. The standard InChI is InChI=1S/C12H14BrNO/c1-3-12(15)10-4-6-11(7-5-10)14-8-9(2)13/h4-7,14H,2-3,8H2,1H3. The molecular formula is C12H14BrNO. The van der Waals surface area contributed by atoms with Gasteiger partial charge in [0.25, 0.3) is 0 Å². The Morgan fingerprint density at radius 2 is 2.00 bits per heavy atom. The first-order valence-corrected chi connectivity index (χ1v) is 5.63. The molecule has 1 aromatic rings. The Morgan fingerprint density at radius 1 is 1.40 bits per heavy atom. The highest BCUT2D eigenvalue weighted by Gasteiger charge is 2.01. The van der Waals surface area contributed by atoms with E-state index in [9.17, 15) is 4.79 Å². The lowest BCUT2D eigenvalue weighted by molar-refractivity contribution is 0.0988. The van der Waals surface area contributed by atoms with Crippen LogP contribution in [0, 0.1) is 0 Å². The van der Waals surface area contributed by atoms with E-state index in [0.29, 0.717) is 13.0 Å². The Kier molecular flexibility index (Phi) is 4.56. The fourth-order valence-electron chi connectivity index (χ4n) is 1.18. The normalized spacial score (nSPS) is 9.73. The molecule has 1 aromatic carbocycles. The Labute approximate surface area is 98.5 Å². The van der Waals surface area contributed by atoms with Crippen molar-refractivity contribution in [3.8, 4) is 0 Å². The van der Waals surface area contributed by atoms with Crippen LogP contribution >= 0.6 is 15.9 Å². The van der Waals surface area contributed by atoms with Crippen molar-refractivity contribution in [3.05, 3.63) is 40.9 Å². The van der Waals surface area contributed by atoms with Crippen LogP contribution in [0.5, 0.6) is 0 Å². The molecule has 0 aliphatic rings. The Morgan fingerprint density at radius 3 is 2.47 bits per heavy atom. The molecule has 0 fully saturated rings. The summed E-state index contributed by atoms with van der Waals surface area (Å²) in [6.07, 6.45) is 0.547. The molecule has 0 bridgehead atoms. The second kappa shape index (κ2) is 5.71. The molecule has 0 spiro atoms. The number of halogens is 1. The van der Waals surface area contributed by atoms with Gasteiger partial charge in [0.2, 0.25) is 0 Å². The topological polar surface area (TPSA) is 29.1 Å². The van der Waals surface area contributed by atoms with Crippen molar-refractivity contribution < 1.29 is 4.79 Å². The molecule has 0 unspecified atom stereocenters. The molecule has 0 amide bonds. The SMILES string of the molecule is C=C(Br)CNc1ccc(C(=O)CC)cc1. The molecule has 0 aliphatic carbocycles. The molecule has 1 rings (SSSR count). The van der Waals surface area contributed by atoms with Crippen LogP contribution in [0.4, 0.5) is 5.69 Å². The van der Waals surface area contributed by atoms with Crippen LogP contribution in [0.15, 0.2) is 35.3 Å². The maximum atomic E-state index is 11.3. The van der Waals surface area contributed by atoms with Crippen LogP contribution in [0.2, 0.25) is 0 Å². The molecule has 0 saturated carbocycles. The number of ketones is 1.